The Balaban J connectivity index is 1.84. The van der Waals surface area contributed by atoms with Gasteiger partial charge in [0.15, 0.2) is 5.96 Å². The minimum absolute atomic E-state index is 0.0339. The number of benzene rings is 1. The molecular weight excluding hydrogens is 355 g/mol. The zero-order chi connectivity index (χ0) is 19.9. The van der Waals surface area contributed by atoms with E-state index in [0.717, 1.165) is 18.7 Å². The van der Waals surface area contributed by atoms with Gasteiger partial charge in [-0.3, -0.25) is 9.89 Å². The van der Waals surface area contributed by atoms with Crippen molar-refractivity contribution in [3.63, 3.8) is 0 Å². The van der Waals surface area contributed by atoms with Crippen LogP contribution in [0, 0.1) is 0 Å². The van der Waals surface area contributed by atoms with E-state index < -0.39 is 12.7 Å². The number of likely N-dealkylation sites (N-methyl/N-ethyl adjacent to an activating group) is 1. The monoisotopic (exact) mass is 385 g/mol. The van der Waals surface area contributed by atoms with Crippen LogP contribution in [0.2, 0.25) is 0 Å². The number of rotatable bonds is 7. The lowest BCUT2D eigenvalue weighted by molar-refractivity contribution is -0.142. The van der Waals surface area contributed by atoms with Gasteiger partial charge in [0, 0.05) is 38.9 Å². The molecule has 8 heteroatoms. The first-order valence-corrected chi connectivity index (χ1v) is 9.36. The van der Waals surface area contributed by atoms with Gasteiger partial charge in [-0.15, -0.1) is 0 Å². The number of alkyl halides is 3. The van der Waals surface area contributed by atoms with E-state index in [-0.39, 0.29) is 12.6 Å². The maximum atomic E-state index is 12.4. The molecule has 2 N–H and O–H groups in total. The Kier molecular flexibility index (Phi) is 7.77. The number of guanidine groups is 1. The second kappa shape index (κ2) is 9.82. The van der Waals surface area contributed by atoms with Crippen molar-refractivity contribution in [2.75, 3.05) is 51.7 Å². The van der Waals surface area contributed by atoms with Gasteiger partial charge in [0.25, 0.3) is 0 Å². The van der Waals surface area contributed by atoms with Crippen LogP contribution in [0.1, 0.15) is 31.4 Å². The second-order valence-corrected chi connectivity index (χ2v) is 7.01. The molecule has 0 amide bonds. The zero-order valence-electron chi connectivity index (χ0n) is 16.3. The predicted octanol–water partition coefficient (Wildman–Crippen LogP) is 3.01. The molecule has 1 fully saturated rings. The lowest BCUT2D eigenvalue weighted by Gasteiger charge is -2.23. The SMILES string of the molecule is CN=C(NCCN(C)CC(F)(F)F)NC(C)c1cccc(N2CCCC2)c1. The fraction of sp³-hybridized carbons (Fsp3) is 0.632. The Labute approximate surface area is 159 Å². The molecule has 1 atom stereocenters. The van der Waals surface area contributed by atoms with Crippen LogP contribution in [-0.2, 0) is 0 Å². The third kappa shape index (κ3) is 7.28. The Hall–Kier alpha value is -1.96. The molecule has 1 saturated heterocycles. The molecule has 1 aromatic carbocycles. The molecule has 1 aliphatic heterocycles. The van der Waals surface area contributed by atoms with Gasteiger partial charge in [-0.25, -0.2) is 0 Å². The number of halogens is 3. The smallest absolute Gasteiger partial charge is 0.372 e. The van der Waals surface area contributed by atoms with Crippen molar-refractivity contribution in [2.45, 2.75) is 32.0 Å². The molecule has 27 heavy (non-hydrogen) atoms. The lowest BCUT2D eigenvalue weighted by atomic mass is 10.1. The zero-order valence-corrected chi connectivity index (χ0v) is 16.3. The summed E-state index contributed by atoms with van der Waals surface area (Å²) in [6, 6.07) is 8.48. The van der Waals surface area contributed by atoms with E-state index in [1.54, 1.807) is 7.05 Å². The lowest BCUT2D eigenvalue weighted by Crippen LogP contribution is -2.43. The minimum Gasteiger partial charge on any atom is -0.372 e. The number of anilines is 1. The average molecular weight is 385 g/mol. The highest BCUT2D eigenvalue weighted by atomic mass is 19.4. The molecule has 0 aromatic heterocycles. The summed E-state index contributed by atoms with van der Waals surface area (Å²) in [5.74, 6) is 0.578. The Morgan fingerprint density at radius 3 is 2.63 bits per heavy atom. The quantitative estimate of drug-likeness (QED) is 0.559. The molecule has 1 aromatic rings. The molecule has 1 aliphatic rings. The van der Waals surface area contributed by atoms with Gasteiger partial charge in [0.1, 0.15) is 0 Å². The summed E-state index contributed by atoms with van der Waals surface area (Å²) in [5.41, 5.74) is 2.38. The topological polar surface area (TPSA) is 42.9 Å². The van der Waals surface area contributed by atoms with Gasteiger partial charge in [-0.05, 0) is 44.5 Å². The average Bonchev–Trinajstić information content (AvgIpc) is 3.14. The minimum atomic E-state index is -4.18. The van der Waals surface area contributed by atoms with Crippen molar-refractivity contribution in [1.82, 2.24) is 15.5 Å². The fourth-order valence-corrected chi connectivity index (χ4v) is 3.20. The van der Waals surface area contributed by atoms with Crippen LogP contribution in [0.25, 0.3) is 0 Å². The number of aliphatic imine (C=N–C) groups is 1. The van der Waals surface area contributed by atoms with Crippen LogP contribution < -0.4 is 15.5 Å². The molecule has 2 rings (SSSR count). The number of nitrogens with one attached hydrogen (secondary N) is 2. The van der Waals surface area contributed by atoms with Crippen LogP contribution in [0.3, 0.4) is 0 Å². The molecule has 0 bridgehead atoms. The van der Waals surface area contributed by atoms with E-state index in [9.17, 15) is 13.2 Å². The molecule has 0 radical (unpaired) electrons. The highest BCUT2D eigenvalue weighted by molar-refractivity contribution is 5.80. The van der Waals surface area contributed by atoms with Crippen molar-refractivity contribution in [3.8, 4) is 0 Å². The van der Waals surface area contributed by atoms with Crippen molar-refractivity contribution in [2.24, 2.45) is 4.99 Å². The standard InChI is InChI=1S/C19H30F3N5/c1-15(16-7-6-8-17(13-16)27-10-4-5-11-27)25-18(23-2)24-9-12-26(3)14-19(20,21)22/h6-8,13,15H,4-5,9-12,14H2,1-3H3,(H2,23,24,25). The van der Waals surface area contributed by atoms with Crippen molar-refractivity contribution in [1.29, 1.82) is 0 Å². The Morgan fingerprint density at radius 2 is 2.00 bits per heavy atom. The highest BCUT2D eigenvalue weighted by Gasteiger charge is 2.28. The third-order valence-electron chi connectivity index (χ3n) is 4.65. The van der Waals surface area contributed by atoms with E-state index in [2.05, 4.69) is 44.8 Å². The van der Waals surface area contributed by atoms with Gasteiger partial charge in [0.2, 0.25) is 0 Å². The maximum Gasteiger partial charge on any atom is 0.401 e. The van der Waals surface area contributed by atoms with Crippen molar-refractivity contribution < 1.29 is 13.2 Å². The van der Waals surface area contributed by atoms with E-state index in [4.69, 9.17) is 0 Å². The van der Waals surface area contributed by atoms with Gasteiger partial charge < -0.3 is 15.5 Å². The molecule has 152 valence electrons. The summed E-state index contributed by atoms with van der Waals surface area (Å²) in [6.45, 7) is 3.98. The van der Waals surface area contributed by atoms with Crippen molar-refractivity contribution in [3.05, 3.63) is 29.8 Å². The summed E-state index contributed by atoms with van der Waals surface area (Å²) < 4.78 is 37.1. The van der Waals surface area contributed by atoms with Gasteiger partial charge in [0.05, 0.1) is 12.6 Å². The molecule has 5 nitrogen and oxygen atoms in total. The maximum absolute atomic E-state index is 12.4. The van der Waals surface area contributed by atoms with E-state index in [0.29, 0.717) is 12.5 Å². The first-order valence-electron chi connectivity index (χ1n) is 9.36. The number of hydrogen-bond acceptors (Lipinski definition) is 3. The molecular formula is C19H30F3N5. The summed E-state index contributed by atoms with van der Waals surface area (Å²) in [4.78, 5) is 7.80. The van der Waals surface area contributed by atoms with Crippen LogP contribution in [-0.4, -0.2) is 63.9 Å². The molecule has 1 unspecified atom stereocenters. The largest absolute Gasteiger partial charge is 0.401 e. The van der Waals surface area contributed by atoms with Crippen LogP contribution in [0.4, 0.5) is 18.9 Å². The predicted molar refractivity (Wildman–Crippen MR) is 104 cm³/mol. The van der Waals surface area contributed by atoms with Gasteiger partial charge >= 0.3 is 6.18 Å². The molecule has 1 heterocycles. The van der Waals surface area contributed by atoms with Gasteiger partial charge in [-0.1, -0.05) is 12.1 Å². The van der Waals surface area contributed by atoms with Crippen LogP contribution >= 0.6 is 0 Å². The normalized spacial score (nSPS) is 16.7. The van der Waals surface area contributed by atoms with E-state index in [1.807, 2.05) is 6.92 Å². The summed E-state index contributed by atoms with van der Waals surface area (Å²) in [7, 11) is 3.11. The second-order valence-electron chi connectivity index (χ2n) is 7.01. The molecule has 0 spiro atoms. The van der Waals surface area contributed by atoms with E-state index >= 15 is 0 Å². The Morgan fingerprint density at radius 1 is 1.30 bits per heavy atom. The molecule has 0 saturated carbocycles. The summed E-state index contributed by atoms with van der Waals surface area (Å²) in [6.07, 6.45) is -1.71. The van der Waals surface area contributed by atoms with Gasteiger partial charge in [-0.2, -0.15) is 13.2 Å². The number of hydrogen-bond donors (Lipinski definition) is 2. The third-order valence-corrected chi connectivity index (χ3v) is 4.65. The first kappa shape index (κ1) is 21.3. The van der Waals surface area contributed by atoms with Crippen LogP contribution in [0.15, 0.2) is 29.3 Å². The first-order chi connectivity index (χ1) is 12.8. The summed E-state index contributed by atoms with van der Waals surface area (Å²) in [5, 5.41) is 6.38. The van der Waals surface area contributed by atoms with E-state index in [1.165, 1.54) is 30.5 Å². The molecule has 0 aliphatic carbocycles. The fourth-order valence-electron chi connectivity index (χ4n) is 3.20. The van der Waals surface area contributed by atoms with Crippen LogP contribution in [0.5, 0.6) is 0 Å². The van der Waals surface area contributed by atoms with Crippen molar-refractivity contribution >= 4 is 11.6 Å². The Bertz CT molecular complexity index is 612. The summed E-state index contributed by atoms with van der Waals surface area (Å²) >= 11 is 0. The number of nitrogens with zero attached hydrogens (tertiary/aromatic N) is 3. The highest BCUT2D eigenvalue weighted by Crippen LogP contribution is 2.23.